The second-order valence-electron chi connectivity index (χ2n) is 7.23. The Hall–Kier alpha value is -2.74. The SMILES string of the molecule is CC(C)Oc1cccc(CNC(=O)[C@@H]2CCN(S(C)(=O)=O)c3ccccc3O2)c1. The lowest BCUT2D eigenvalue weighted by Gasteiger charge is -2.20. The monoisotopic (exact) mass is 418 g/mol. The number of nitrogens with zero attached hydrogens (tertiary/aromatic N) is 1. The number of nitrogens with one attached hydrogen (secondary N) is 1. The number of fused-ring (bicyclic) bond motifs is 1. The Balaban J connectivity index is 1.69. The number of hydrogen-bond acceptors (Lipinski definition) is 5. The van der Waals surface area contributed by atoms with Crippen LogP contribution in [0.5, 0.6) is 11.5 Å². The summed E-state index contributed by atoms with van der Waals surface area (Å²) >= 11 is 0. The van der Waals surface area contributed by atoms with E-state index in [0.717, 1.165) is 17.6 Å². The average molecular weight is 419 g/mol. The summed E-state index contributed by atoms with van der Waals surface area (Å²) in [6, 6.07) is 14.4. The molecule has 29 heavy (non-hydrogen) atoms. The molecule has 1 aliphatic heterocycles. The van der Waals surface area contributed by atoms with Crippen LogP contribution < -0.4 is 19.1 Å². The fraction of sp³-hybridized carbons (Fsp3) is 0.381. The molecule has 1 atom stereocenters. The van der Waals surface area contributed by atoms with E-state index in [-0.39, 0.29) is 25.0 Å². The van der Waals surface area contributed by atoms with E-state index in [1.54, 1.807) is 24.3 Å². The smallest absolute Gasteiger partial charge is 0.261 e. The van der Waals surface area contributed by atoms with Crippen LogP contribution in [0.2, 0.25) is 0 Å². The van der Waals surface area contributed by atoms with Gasteiger partial charge in [0.15, 0.2) is 6.10 Å². The molecular weight excluding hydrogens is 392 g/mol. The van der Waals surface area contributed by atoms with Gasteiger partial charge in [-0.25, -0.2) is 8.42 Å². The van der Waals surface area contributed by atoms with Crippen molar-refractivity contribution in [2.24, 2.45) is 0 Å². The molecule has 1 aliphatic rings. The van der Waals surface area contributed by atoms with Crippen molar-refractivity contribution in [3.8, 4) is 11.5 Å². The van der Waals surface area contributed by atoms with Crippen LogP contribution in [0.25, 0.3) is 0 Å². The van der Waals surface area contributed by atoms with Crippen LogP contribution >= 0.6 is 0 Å². The average Bonchev–Trinajstić information content (AvgIpc) is 2.85. The summed E-state index contributed by atoms with van der Waals surface area (Å²) in [6.45, 7) is 4.40. The highest BCUT2D eigenvalue weighted by Gasteiger charge is 2.30. The number of ether oxygens (including phenoxy) is 2. The van der Waals surface area contributed by atoms with Gasteiger partial charge < -0.3 is 14.8 Å². The van der Waals surface area contributed by atoms with Gasteiger partial charge in [0.25, 0.3) is 5.91 Å². The number of sulfonamides is 1. The first-order valence-electron chi connectivity index (χ1n) is 9.51. The number of para-hydroxylation sites is 2. The van der Waals surface area contributed by atoms with E-state index in [0.29, 0.717) is 18.0 Å². The summed E-state index contributed by atoms with van der Waals surface area (Å²) in [5.74, 6) is 0.837. The van der Waals surface area contributed by atoms with Gasteiger partial charge in [-0.2, -0.15) is 0 Å². The van der Waals surface area contributed by atoms with Gasteiger partial charge in [-0.1, -0.05) is 24.3 Å². The predicted octanol–water partition coefficient (Wildman–Crippen LogP) is 2.71. The molecule has 2 aromatic carbocycles. The third kappa shape index (κ3) is 5.41. The zero-order chi connectivity index (χ0) is 21.0. The number of carbonyl (C=O) groups is 1. The van der Waals surface area contributed by atoms with Crippen LogP contribution in [0, 0.1) is 0 Å². The van der Waals surface area contributed by atoms with Crippen LogP contribution in [-0.2, 0) is 21.4 Å². The van der Waals surface area contributed by atoms with Crippen molar-refractivity contribution < 1.29 is 22.7 Å². The molecule has 0 aromatic heterocycles. The molecule has 0 spiro atoms. The Bertz CT molecular complexity index is 975. The molecule has 2 aromatic rings. The van der Waals surface area contributed by atoms with Gasteiger partial charge in [-0.3, -0.25) is 9.10 Å². The number of benzene rings is 2. The third-order valence-electron chi connectivity index (χ3n) is 4.43. The number of rotatable bonds is 6. The number of carbonyl (C=O) groups excluding carboxylic acids is 1. The zero-order valence-corrected chi connectivity index (χ0v) is 17.6. The normalized spacial score (nSPS) is 16.6. The Morgan fingerprint density at radius 1 is 1.24 bits per heavy atom. The Morgan fingerprint density at radius 2 is 2.00 bits per heavy atom. The minimum Gasteiger partial charge on any atom is -0.491 e. The van der Waals surface area contributed by atoms with Gasteiger partial charge in [-0.15, -0.1) is 0 Å². The number of hydrogen-bond donors (Lipinski definition) is 1. The van der Waals surface area contributed by atoms with E-state index < -0.39 is 16.1 Å². The van der Waals surface area contributed by atoms with Crippen molar-refractivity contribution >= 4 is 21.6 Å². The summed E-state index contributed by atoms with van der Waals surface area (Å²) in [4.78, 5) is 12.7. The van der Waals surface area contributed by atoms with Crippen LogP contribution in [0.4, 0.5) is 5.69 Å². The first-order chi connectivity index (χ1) is 13.7. The quantitative estimate of drug-likeness (QED) is 0.780. The highest BCUT2D eigenvalue weighted by molar-refractivity contribution is 7.92. The molecule has 0 radical (unpaired) electrons. The van der Waals surface area contributed by atoms with Crippen LogP contribution in [0.15, 0.2) is 48.5 Å². The molecule has 0 unspecified atom stereocenters. The lowest BCUT2D eigenvalue weighted by atomic mass is 10.2. The van der Waals surface area contributed by atoms with Crippen molar-refractivity contribution in [3.63, 3.8) is 0 Å². The van der Waals surface area contributed by atoms with Crippen molar-refractivity contribution in [1.82, 2.24) is 5.32 Å². The predicted molar refractivity (Wildman–Crippen MR) is 112 cm³/mol. The molecule has 7 nitrogen and oxygen atoms in total. The van der Waals surface area contributed by atoms with E-state index >= 15 is 0 Å². The summed E-state index contributed by atoms with van der Waals surface area (Å²) in [5.41, 5.74) is 1.35. The first-order valence-corrected chi connectivity index (χ1v) is 11.4. The molecule has 3 rings (SSSR count). The molecule has 0 bridgehead atoms. The maximum atomic E-state index is 12.7. The Labute approximate surface area is 171 Å². The van der Waals surface area contributed by atoms with E-state index in [9.17, 15) is 13.2 Å². The summed E-state index contributed by atoms with van der Waals surface area (Å²) < 4.78 is 37.1. The molecule has 8 heteroatoms. The van der Waals surface area contributed by atoms with Gasteiger partial charge in [0, 0.05) is 19.5 Å². The first kappa shape index (κ1) is 21.0. The van der Waals surface area contributed by atoms with E-state index in [2.05, 4.69) is 5.32 Å². The van der Waals surface area contributed by atoms with E-state index in [1.807, 2.05) is 38.1 Å². The molecule has 156 valence electrons. The second-order valence-corrected chi connectivity index (χ2v) is 9.14. The molecule has 0 fully saturated rings. The maximum absolute atomic E-state index is 12.7. The largest absolute Gasteiger partial charge is 0.491 e. The van der Waals surface area contributed by atoms with Crippen molar-refractivity contribution in [2.45, 2.75) is 39.0 Å². The standard InChI is InChI=1S/C21H26N2O5S/c1-15(2)27-17-8-6-7-16(13-17)14-22-21(24)20-11-12-23(29(3,25)26)18-9-4-5-10-19(18)28-20/h4-10,13,15,20H,11-12,14H2,1-3H3,(H,22,24)/t20-/m0/s1. The molecule has 1 amide bonds. The minimum atomic E-state index is -3.47. The van der Waals surface area contributed by atoms with Crippen LogP contribution in [-0.4, -0.2) is 39.3 Å². The Morgan fingerprint density at radius 3 is 2.72 bits per heavy atom. The lowest BCUT2D eigenvalue weighted by Crippen LogP contribution is -2.39. The second kappa shape index (κ2) is 8.73. The summed E-state index contributed by atoms with van der Waals surface area (Å²) in [6.07, 6.45) is 0.690. The van der Waals surface area contributed by atoms with Crippen LogP contribution in [0.3, 0.4) is 0 Å². The minimum absolute atomic E-state index is 0.0667. The highest BCUT2D eigenvalue weighted by Crippen LogP contribution is 2.33. The Kier molecular flexibility index (Phi) is 6.32. The van der Waals surface area contributed by atoms with Gasteiger partial charge in [0.2, 0.25) is 10.0 Å². The van der Waals surface area contributed by atoms with Gasteiger partial charge in [0.05, 0.1) is 18.0 Å². The van der Waals surface area contributed by atoms with E-state index in [1.165, 1.54) is 4.31 Å². The lowest BCUT2D eigenvalue weighted by molar-refractivity contribution is -0.128. The highest BCUT2D eigenvalue weighted by atomic mass is 32.2. The maximum Gasteiger partial charge on any atom is 0.261 e. The summed E-state index contributed by atoms with van der Waals surface area (Å²) in [5, 5.41) is 2.87. The molecule has 1 heterocycles. The fourth-order valence-electron chi connectivity index (χ4n) is 3.16. The molecule has 0 saturated heterocycles. The van der Waals surface area contributed by atoms with Gasteiger partial charge in [-0.05, 0) is 43.7 Å². The molecule has 0 aliphatic carbocycles. The van der Waals surface area contributed by atoms with E-state index in [4.69, 9.17) is 9.47 Å². The van der Waals surface area contributed by atoms with Crippen LogP contribution in [0.1, 0.15) is 25.8 Å². The van der Waals surface area contributed by atoms with Crippen molar-refractivity contribution in [1.29, 1.82) is 0 Å². The molecule has 1 N–H and O–H groups in total. The third-order valence-corrected chi connectivity index (χ3v) is 5.61. The molecule has 0 saturated carbocycles. The zero-order valence-electron chi connectivity index (χ0n) is 16.8. The van der Waals surface area contributed by atoms with Gasteiger partial charge in [0.1, 0.15) is 11.5 Å². The molecular formula is C21H26N2O5S. The summed E-state index contributed by atoms with van der Waals surface area (Å²) in [7, 11) is -3.47. The number of amides is 1. The van der Waals surface area contributed by atoms with Crippen molar-refractivity contribution in [2.75, 3.05) is 17.1 Å². The topological polar surface area (TPSA) is 84.9 Å². The number of anilines is 1. The fourth-order valence-corrected chi connectivity index (χ4v) is 4.11. The van der Waals surface area contributed by atoms with Crippen molar-refractivity contribution in [3.05, 3.63) is 54.1 Å². The van der Waals surface area contributed by atoms with Gasteiger partial charge >= 0.3 is 0 Å².